The van der Waals surface area contributed by atoms with Crippen molar-refractivity contribution in [3.05, 3.63) is 101 Å². The van der Waals surface area contributed by atoms with Crippen LogP contribution in [-0.2, 0) is 10.0 Å². The van der Waals surface area contributed by atoms with Crippen molar-refractivity contribution in [1.82, 2.24) is 14.9 Å². The quantitative estimate of drug-likeness (QED) is 0.275. The van der Waals surface area contributed by atoms with Crippen LogP contribution >= 0.6 is 12.2 Å². The summed E-state index contributed by atoms with van der Waals surface area (Å²) in [7, 11) is -1.97. The van der Waals surface area contributed by atoms with Gasteiger partial charge in [-0.05, 0) is 99.1 Å². The van der Waals surface area contributed by atoms with Crippen LogP contribution in [0.1, 0.15) is 45.9 Å². The molecule has 0 aliphatic carbocycles. The third kappa shape index (κ3) is 5.29. The molecule has 1 aliphatic rings. The van der Waals surface area contributed by atoms with Gasteiger partial charge in [0.2, 0.25) is 10.0 Å². The van der Waals surface area contributed by atoms with E-state index in [2.05, 4.69) is 76.5 Å². The van der Waals surface area contributed by atoms with Crippen molar-refractivity contribution in [2.45, 2.75) is 39.8 Å². The van der Waals surface area contributed by atoms with Crippen LogP contribution in [-0.4, -0.2) is 36.4 Å². The molecule has 1 fully saturated rings. The van der Waals surface area contributed by atoms with Gasteiger partial charge in [0, 0.05) is 35.0 Å². The molecule has 4 aromatic rings. The first-order valence-corrected chi connectivity index (χ1v) is 15.2. The number of aromatic nitrogens is 2. The number of anilines is 2. The number of pyridine rings is 1. The van der Waals surface area contributed by atoms with Crippen LogP contribution in [0.15, 0.2) is 66.9 Å². The molecule has 0 radical (unpaired) electrons. The third-order valence-electron chi connectivity index (χ3n) is 7.11. The molecule has 2 N–H and O–H groups in total. The molecule has 8 nitrogen and oxygen atoms in total. The van der Waals surface area contributed by atoms with Crippen LogP contribution < -0.4 is 19.7 Å². The lowest BCUT2D eigenvalue weighted by atomic mass is 9.96. The third-order valence-corrected chi connectivity index (χ3v) is 8.02. The summed E-state index contributed by atoms with van der Waals surface area (Å²) in [5.74, 6) is 0.395. The van der Waals surface area contributed by atoms with Crippen LogP contribution in [0.2, 0.25) is 0 Å². The number of hydrogen-bond donors (Lipinski definition) is 2. The van der Waals surface area contributed by atoms with E-state index in [1.807, 2.05) is 24.3 Å². The van der Waals surface area contributed by atoms with Crippen molar-refractivity contribution >= 4 is 38.7 Å². The maximum Gasteiger partial charge on any atom is 0.229 e. The van der Waals surface area contributed by atoms with Gasteiger partial charge in [-0.3, -0.25) is 9.71 Å². The van der Waals surface area contributed by atoms with Gasteiger partial charge in [-0.15, -0.1) is 0 Å². The molecule has 2 atom stereocenters. The SMILES string of the molecule is COc1cc(N2C(=S)N[C@H](c3ccccn3)[C@@H]2c2cc(C)n(-c3cc(C)cc(C)c3)c2C)ccc1NS(C)(=O)=O. The van der Waals surface area contributed by atoms with Gasteiger partial charge >= 0.3 is 0 Å². The average Bonchev–Trinajstić information content (AvgIpc) is 3.38. The normalized spacial score (nSPS) is 17.1. The molecule has 5 rings (SSSR count). The Morgan fingerprint density at radius 2 is 1.70 bits per heavy atom. The fourth-order valence-corrected chi connectivity index (χ4v) is 6.54. The van der Waals surface area contributed by atoms with Crippen molar-refractivity contribution < 1.29 is 13.2 Å². The van der Waals surface area contributed by atoms with Gasteiger partial charge in [-0.25, -0.2) is 8.42 Å². The van der Waals surface area contributed by atoms with Gasteiger partial charge in [0.05, 0.1) is 36.8 Å². The Labute approximate surface area is 241 Å². The van der Waals surface area contributed by atoms with Crippen LogP contribution in [0.5, 0.6) is 5.75 Å². The van der Waals surface area contributed by atoms with Crippen molar-refractivity contribution in [3.8, 4) is 11.4 Å². The highest BCUT2D eigenvalue weighted by Crippen LogP contribution is 2.45. The van der Waals surface area contributed by atoms with E-state index >= 15 is 0 Å². The number of aryl methyl sites for hydroxylation is 3. The zero-order valence-electron chi connectivity index (χ0n) is 23.4. The van der Waals surface area contributed by atoms with E-state index in [0.717, 1.165) is 40.3 Å². The molecule has 0 amide bonds. The van der Waals surface area contributed by atoms with E-state index in [-0.39, 0.29) is 12.1 Å². The molecule has 1 aliphatic heterocycles. The topological polar surface area (TPSA) is 88.5 Å². The zero-order chi connectivity index (χ0) is 28.8. The zero-order valence-corrected chi connectivity index (χ0v) is 25.0. The van der Waals surface area contributed by atoms with Crippen molar-refractivity contribution in [2.24, 2.45) is 0 Å². The largest absolute Gasteiger partial charge is 0.494 e. The van der Waals surface area contributed by atoms with Crippen molar-refractivity contribution in [3.63, 3.8) is 0 Å². The average molecular weight is 576 g/mol. The summed E-state index contributed by atoms with van der Waals surface area (Å²) in [6.07, 6.45) is 2.89. The van der Waals surface area contributed by atoms with E-state index in [1.54, 1.807) is 18.3 Å². The molecule has 40 heavy (non-hydrogen) atoms. The molecular weight excluding hydrogens is 542 g/mol. The molecule has 208 valence electrons. The Kier molecular flexibility index (Phi) is 7.32. The fourth-order valence-electron chi connectivity index (χ4n) is 5.63. The first-order valence-electron chi connectivity index (χ1n) is 12.9. The number of methoxy groups -OCH3 is 1. The molecule has 3 heterocycles. The molecule has 1 saturated heterocycles. The first-order chi connectivity index (χ1) is 19.0. The number of rotatable bonds is 7. The Hall–Kier alpha value is -3.89. The van der Waals surface area contributed by atoms with Gasteiger partial charge in [-0.1, -0.05) is 12.1 Å². The standard InChI is InChI=1S/C30H33N5O3S2/c1-18-13-19(2)15-23(14-18)34-20(3)16-24(21(34)4)29-28(26-9-7-8-12-31-26)32-30(39)35(29)22-10-11-25(27(17-22)38-5)33-40(6,36)37/h7-17,28-29,33H,1-6H3,(H,32,39)/t28-,29+/m1/s1. The second-order valence-electron chi connectivity index (χ2n) is 10.3. The van der Waals surface area contributed by atoms with Crippen molar-refractivity contribution in [1.29, 1.82) is 0 Å². The maximum absolute atomic E-state index is 11.9. The number of nitrogens with one attached hydrogen (secondary N) is 2. The monoisotopic (exact) mass is 575 g/mol. The predicted molar refractivity (Wildman–Crippen MR) is 164 cm³/mol. The predicted octanol–water partition coefficient (Wildman–Crippen LogP) is 5.66. The van der Waals surface area contributed by atoms with Gasteiger partial charge in [0.25, 0.3) is 0 Å². The Balaban J connectivity index is 1.67. The van der Waals surface area contributed by atoms with Crippen LogP contribution in [0.4, 0.5) is 11.4 Å². The van der Waals surface area contributed by atoms with E-state index in [4.69, 9.17) is 17.0 Å². The molecule has 0 saturated carbocycles. The second-order valence-corrected chi connectivity index (χ2v) is 12.4. The highest BCUT2D eigenvalue weighted by Gasteiger charge is 2.42. The molecule has 2 aromatic heterocycles. The smallest absolute Gasteiger partial charge is 0.229 e. The summed E-state index contributed by atoms with van der Waals surface area (Å²) in [6.45, 7) is 8.47. The lowest BCUT2D eigenvalue weighted by Gasteiger charge is -2.29. The summed E-state index contributed by atoms with van der Waals surface area (Å²) in [5, 5.41) is 4.05. The number of hydrogen-bond acceptors (Lipinski definition) is 5. The minimum Gasteiger partial charge on any atom is -0.494 e. The second kappa shape index (κ2) is 10.6. The Morgan fingerprint density at radius 1 is 0.975 bits per heavy atom. The van der Waals surface area contributed by atoms with Gasteiger partial charge < -0.3 is 19.5 Å². The minimum atomic E-state index is -3.48. The van der Waals surface area contributed by atoms with E-state index in [9.17, 15) is 8.42 Å². The molecule has 0 bridgehead atoms. The van der Waals surface area contributed by atoms with Crippen LogP contribution in [0.25, 0.3) is 5.69 Å². The lowest BCUT2D eigenvalue weighted by Crippen LogP contribution is -2.29. The van der Waals surface area contributed by atoms with Gasteiger partial charge in [0.15, 0.2) is 5.11 Å². The van der Waals surface area contributed by atoms with Crippen molar-refractivity contribution in [2.75, 3.05) is 23.0 Å². The van der Waals surface area contributed by atoms with Gasteiger partial charge in [-0.2, -0.15) is 0 Å². The van der Waals surface area contributed by atoms with Crippen LogP contribution in [0.3, 0.4) is 0 Å². The number of ether oxygens (including phenoxy) is 1. The minimum absolute atomic E-state index is 0.221. The van der Waals surface area contributed by atoms with Gasteiger partial charge in [0.1, 0.15) is 5.75 Å². The number of thiocarbonyl (C=S) groups is 1. The van der Waals surface area contributed by atoms with E-state index < -0.39 is 10.0 Å². The first kappa shape index (κ1) is 27.7. The van der Waals surface area contributed by atoms with E-state index in [0.29, 0.717) is 16.5 Å². The molecule has 0 spiro atoms. The lowest BCUT2D eigenvalue weighted by molar-refractivity contribution is 0.417. The maximum atomic E-state index is 11.9. The summed E-state index contributed by atoms with van der Waals surface area (Å²) >= 11 is 5.92. The summed E-state index contributed by atoms with van der Waals surface area (Å²) < 4.78 is 34.2. The summed E-state index contributed by atoms with van der Waals surface area (Å²) in [6, 6.07) is 19.5. The highest BCUT2D eigenvalue weighted by atomic mass is 32.2. The molecule has 0 unspecified atom stereocenters. The molecule has 10 heteroatoms. The summed E-state index contributed by atoms with van der Waals surface area (Å²) in [5.41, 5.74) is 8.85. The molecule has 2 aromatic carbocycles. The number of benzene rings is 2. The Bertz CT molecular complexity index is 1680. The summed E-state index contributed by atoms with van der Waals surface area (Å²) in [4.78, 5) is 6.73. The fraction of sp³-hybridized carbons (Fsp3) is 0.267. The van der Waals surface area contributed by atoms with E-state index in [1.165, 1.54) is 18.2 Å². The molecular formula is C30H33N5O3S2. The highest BCUT2D eigenvalue weighted by molar-refractivity contribution is 7.92. The van der Waals surface area contributed by atoms with Crippen LogP contribution in [0, 0.1) is 27.7 Å². The number of sulfonamides is 1. The Morgan fingerprint density at radius 3 is 2.33 bits per heavy atom. The number of nitrogens with zero attached hydrogens (tertiary/aromatic N) is 3.